The van der Waals surface area contributed by atoms with Crippen molar-refractivity contribution < 1.29 is 9.84 Å². The van der Waals surface area contributed by atoms with Crippen molar-refractivity contribution in [2.75, 3.05) is 7.11 Å². The molecule has 0 fully saturated rings. The number of phenolic OH excluding ortho intramolecular Hbond substituents is 1. The van der Waals surface area contributed by atoms with Gasteiger partial charge in [0, 0.05) is 25.5 Å². The van der Waals surface area contributed by atoms with Crippen LogP contribution in [0.15, 0.2) is 42.7 Å². The summed E-state index contributed by atoms with van der Waals surface area (Å²) in [5, 5.41) is 12.8. The molecule has 0 radical (unpaired) electrons. The van der Waals surface area contributed by atoms with Crippen LogP contribution in [0.2, 0.25) is 0 Å². The van der Waals surface area contributed by atoms with E-state index in [0.29, 0.717) is 12.3 Å². The number of hydrogen-bond donors (Lipinski definition) is 2. The van der Waals surface area contributed by atoms with Gasteiger partial charge < -0.3 is 15.2 Å². The van der Waals surface area contributed by atoms with Gasteiger partial charge in [0.15, 0.2) is 11.5 Å². The highest BCUT2D eigenvalue weighted by Crippen LogP contribution is 2.26. The van der Waals surface area contributed by atoms with E-state index in [1.165, 1.54) is 0 Å². The summed E-state index contributed by atoms with van der Waals surface area (Å²) < 4.78 is 5.06. The predicted molar refractivity (Wildman–Crippen MR) is 69.4 cm³/mol. The van der Waals surface area contributed by atoms with Crippen molar-refractivity contribution in [2.24, 2.45) is 0 Å². The van der Waals surface area contributed by atoms with Crippen LogP contribution in [0.5, 0.6) is 11.5 Å². The maximum absolute atomic E-state index is 9.48. The van der Waals surface area contributed by atoms with Crippen LogP contribution in [-0.4, -0.2) is 17.2 Å². The third-order valence-corrected chi connectivity index (χ3v) is 2.63. The Labute approximate surface area is 106 Å². The Kier molecular flexibility index (Phi) is 4.15. The summed E-state index contributed by atoms with van der Waals surface area (Å²) in [4.78, 5) is 4.06. The number of benzene rings is 1. The zero-order valence-electron chi connectivity index (χ0n) is 10.3. The molecule has 1 heterocycles. The average molecular weight is 244 g/mol. The Bertz CT molecular complexity index is 500. The van der Waals surface area contributed by atoms with Gasteiger partial charge in [-0.3, -0.25) is 4.98 Å². The average Bonchev–Trinajstić information content (AvgIpc) is 2.42. The van der Waals surface area contributed by atoms with Crippen LogP contribution in [0.4, 0.5) is 0 Å². The maximum Gasteiger partial charge on any atom is 0.160 e. The number of phenols is 1. The molecule has 0 bridgehead atoms. The lowest BCUT2D eigenvalue weighted by Gasteiger charge is -2.08. The van der Waals surface area contributed by atoms with Crippen LogP contribution < -0.4 is 10.1 Å². The Morgan fingerprint density at radius 2 is 2.06 bits per heavy atom. The topological polar surface area (TPSA) is 54.4 Å². The van der Waals surface area contributed by atoms with E-state index in [4.69, 9.17) is 4.74 Å². The van der Waals surface area contributed by atoms with Crippen molar-refractivity contribution in [1.82, 2.24) is 10.3 Å². The molecule has 0 spiro atoms. The molecule has 0 amide bonds. The van der Waals surface area contributed by atoms with Crippen molar-refractivity contribution in [2.45, 2.75) is 13.1 Å². The molecule has 0 saturated heterocycles. The fraction of sp³-hybridized carbons (Fsp3) is 0.214. The number of nitrogens with one attached hydrogen (secondary N) is 1. The minimum Gasteiger partial charge on any atom is -0.504 e. The molecule has 0 saturated carbocycles. The predicted octanol–water partition coefficient (Wildman–Crippen LogP) is 2.09. The molecular weight excluding hydrogens is 228 g/mol. The van der Waals surface area contributed by atoms with Gasteiger partial charge in [-0.25, -0.2) is 0 Å². The Balaban J connectivity index is 1.91. The second-order valence-electron chi connectivity index (χ2n) is 3.97. The highest BCUT2D eigenvalue weighted by Gasteiger charge is 2.02. The van der Waals surface area contributed by atoms with E-state index in [1.807, 2.05) is 30.5 Å². The van der Waals surface area contributed by atoms with Crippen molar-refractivity contribution in [1.29, 1.82) is 0 Å². The zero-order chi connectivity index (χ0) is 12.8. The first kappa shape index (κ1) is 12.4. The largest absolute Gasteiger partial charge is 0.504 e. The SMILES string of the molecule is COc1cc(CNCc2cccnc2)ccc1O. The lowest BCUT2D eigenvalue weighted by molar-refractivity contribution is 0.373. The van der Waals surface area contributed by atoms with Crippen molar-refractivity contribution in [3.63, 3.8) is 0 Å². The minimum absolute atomic E-state index is 0.161. The van der Waals surface area contributed by atoms with Gasteiger partial charge in [-0.15, -0.1) is 0 Å². The Morgan fingerprint density at radius 3 is 2.78 bits per heavy atom. The normalized spacial score (nSPS) is 10.3. The Morgan fingerprint density at radius 1 is 1.22 bits per heavy atom. The second kappa shape index (κ2) is 6.02. The summed E-state index contributed by atoms with van der Waals surface area (Å²) in [5.41, 5.74) is 2.21. The standard InChI is InChI=1S/C14H16N2O2/c1-18-14-7-11(4-5-13(14)17)8-16-10-12-3-2-6-15-9-12/h2-7,9,16-17H,8,10H2,1H3. The van der Waals surface area contributed by atoms with E-state index in [9.17, 15) is 5.11 Å². The van der Waals surface area contributed by atoms with E-state index in [2.05, 4.69) is 10.3 Å². The first-order valence-electron chi connectivity index (χ1n) is 5.75. The highest BCUT2D eigenvalue weighted by molar-refractivity contribution is 5.41. The highest BCUT2D eigenvalue weighted by atomic mass is 16.5. The number of nitrogens with zero attached hydrogens (tertiary/aromatic N) is 1. The fourth-order valence-corrected chi connectivity index (χ4v) is 1.69. The third kappa shape index (κ3) is 3.21. The molecule has 0 aliphatic carbocycles. The van der Waals surface area contributed by atoms with Gasteiger partial charge in [0.2, 0.25) is 0 Å². The summed E-state index contributed by atoms with van der Waals surface area (Å²) in [6.45, 7) is 1.47. The number of methoxy groups -OCH3 is 1. The third-order valence-electron chi connectivity index (χ3n) is 2.63. The summed E-state index contributed by atoms with van der Waals surface area (Å²) >= 11 is 0. The van der Waals surface area contributed by atoms with Crippen LogP contribution in [0.1, 0.15) is 11.1 Å². The summed E-state index contributed by atoms with van der Waals surface area (Å²) in [6, 6.07) is 9.28. The molecule has 1 aromatic heterocycles. The second-order valence-corrected chi connectivity index (χ2v) is 3.97. The summed E-state index contributed by atoms with van der Waals surface area (Å²) in [5.74, 6) is 0.657. The molecule has 2 aromatic rings. The van der Waals surface area contributed by atoms with Crippen molar-refractivity contribution >= 4 is 0 Å². The first-order chi connectivity index (χ1) is 8.79. The monoisotopic (exact) mass is 244 g/mol. The van der Waals surface area contributed by atoms with Crippen LogP contribution in [0, 0.1) is 0 Å². The number of pyridine rings is 1. The lowest BCUT2D eigenvalue weighted by atomic mass is 10.2. The van der Waals surface area contributed by atoms with Crippen molar-refractivity contribution in [3.05, 3.63) is 53.9 Å². The van der Waals surface area contributed by atoms with E-state index < -0.39 is 0 Å². The van der Waals surface area contributed by atoms with Crippen LogP contribution in [-0.2, 0) is 13.1 Å². The van der Waals surface area contributed by atoms with Gasteiger partial charge in [-0.2, -0.15) is 0 Å². The van der Waals surface area contributed by atoms with Crippen LogP contribution in [0.3, 0.4) is 0 Å². The van der Waals surface area contributed by atoms with Crippen LogP contribution in [0.25, 0.3) is 0 Å². The van der Waals surface area contributed by atoms with Crippen molar-refractivity contribution in [3.8, 4) is 11.5 Å². The minimum atomic E-state index is 0.161. The molecule has 4 heteroatoms. The first-order valence-corrected chi connectivity index (χ1v) is 5.75. The molecule has 4 nitrogen and oxygen atoms in total. The molecule has 0 aliphatic heterocycles. The van der Waals surface area contributed by atoms with E-state index in [-0.39, 0.29) is 5.75 Å². The van der Waals surface area contributed by atoms with E-state index in [0.717, 1.165) is 17.7 Å². The molecule has 94 valence electrons. The number of aromatic nitrogens is 1. The maximum atomic E-state index is 9.48. The number of rotatable bonds is 5. The molecule has 0 unspecified atom stereocenters. The number of hydrogen-bond acceptors (Lipinski definition) is 4. The molecule has 0 aliphatic rings. The van der Waals surface area contributed by atoms with Crippen LogP contribution >= 0.6 is 0 Å². The summed E-state index contributed by atoms with van der Waals surface area (Å²) in [6.07, 6.45) is 3.60. The van der Waals surface area contributed by atoms with Gasteiger partial charge in [-0.1, -0.05) is 12.1 Å². The zero-order valence-corrected chi connectivity index (χ0v) is 10.3. The van der Waals surface area contributed by atoms with E-state index in [1.54, 1.807) is 19.4 Å². The molecule has 18 heavy (non-hydrogen) atoms. The molecule has 1 aromatic carbocycles. The lowest BCUT2D eigenvalue weighted by Crippen LogP contribution is -2.12. The van der Waals surface area contributed by atoms with Gasteiger partial charge in [0.1, 0.15) is 0 Å². The molecule has 2 rings (SSSR count). The van der Waals surface area contributed by atoms with Gasteiger partial charge in [-0.05, 0) is 29.3 Å². The van der Waals surface area contributed by atoms with Gasteiger partial charge in [0.05, 0.1) is 7.11 Å². The molecule has 0 atom stereocenters. The molecule has 2 N–H and O–H groups in total. The quantitative estimate of drug-likeness (QED) is 0.845. The smallest absolute Gasteiger partial charge is 0.160 e. The van der Waals surface area contributed by atoms with Gasteiger partial charge >= 0.3 is 0 Å². The summed E-state index contributed by atoms with van der Waals surface area (Å²) in [7, 11) is 1.54. The Hall–Kier alpha value is -2.07. The number of aromatic hydroxyl groups is 1. The molecular formula is C14H16N2O2. The van der Waals surface area contributed by atoms with Gasteiger partial charge in [0.25, 0.3) is 0 Å². The number of ether oxygens (including phenoxy) is 1. The van der Waals surface area contributed by atoms with E-state index >= 15 is 0 Å². The fourth-order valence-electron chi connectivity index (χ4n) is 1.69.